The number of aromatic nitrogens is 1. The zero-order valence-corrected chi connectivity index (χ0v) is 12.7. The highest BCUT2D eigenvalue weighted by molar-refractivity contribution is 7.99. The summed E-state index contributed by atoms with van der Waals surface area (Å²) in [6, 6.07) is 0. The highest BCUT2D eigenvalue weighted by atomic mass is 32.2. The second-order valence-electron chi connectivity index (χ2n) is 4.30. The molecule has 102 valence electrons. The molecule has 1 aromatic heterocycles. The molecule has 0 aromatic carbocycles. The van der Waals surface area contributed by atoms with Gasteiger partial charge in [0.1, 0.15) is 0 Å². The Balaban J connectivity index is 2.20. The predicted molar refractivity (Wildman–Crippen MR) is 76.9 cm³/mol. The van der Waals surface area contributed by atoms with Gasteiger partial charge in [-0.3, -0.25) is 4.79 Å². The van der Waals surface area contributed by atoms with Crippen molar-refractivity contribution in [1.29, 1.82) is 0 Å². The zero-order chi connectivity index (χ0) is 13.5. The molecule has 1 rings (SSSR count). The van der Waals surface area contributed by atoms with E-state index in [1.807, 2.05) is 12.3 Å². The smallest absolute Gasteiger partial charge is 0.232 e. The quantitative estimate of drug-likeness (QED) is 0.833. The molecule has 1 unspecified atom stereocenters. The van der Waals surface area contributed by atoms with Crippen LogP contribution in [0.5, 0.6) is 0 Å². The second kappa shape index (κ2) is 7.76. The number of thiazole rings is 1. The van der Waals surface area contributed by atoms with E-state index >= 15 is 0 Å². The first-order valence-corrected chi connectivity index (χ1v) is 7.93. The van der Waals surface area contributed by atoms with Crippen LogP contribution in [0.15, 0.2) is 5.38 Å². The maximum atomic E-state index is 11.8. The third kappa shape index (κ3) is 5.84. The van der Waals surface area contributed by atoms with E-state index in [4.69, 9.17) is 5.11 Å². The molecule has 1 atom stereocenters. The zero-order valence-electron chi connectivity index (χ0n) is 11.0. The maximum Gasteiger partial charge on any atom is 0.232 e. The third-order valence-electron chi connectivity index (χ3n) is 2.45. The van der Waals surface area contributed by atoms with Gasteiger partial charge >= 0.3 is 0 Å². The highest BCUT2D eigenvalue weighted by Crippen LogP contribution is 2.15. The van der Waals surface area contributed by atoms with Gasteiger partial charge in [-0.05, 0) is 20.3 Å². The Bertz CT molecular complexity index is 380. The van der Waals surface area contributed by atoms with Crippen molar-refractivity contribution in [3.63, 3.8) is 0 Å². The number of thioether (sulfide) groups is 1. The number of nitrogens with zero attached hydrogens (tertiary/aromatic N) is 2. The molecular weight excluding hydrogens is 268 g/mol. The molecule has 1 N–H and O–H groups in total. The van der Waals surface area contributed by atoms with Crippen molar-refractivity contribution in [3.8, 4) is 0 Å². The van der Waals surface area contributed by atoms with E-state index in [-0.39, 0.29) is 12.0 Å². The van der Waals surface area contributed by atoms with E-state index in [9.17, 15) is 4.79 Å². The fraction of sp³-hybridized carbons (Fsp3) is 0.667. The number of carbonyl (C=O) groups is 1. The molecular formula is C12H20N2O2S2. The molecule has 18 heavy (non-hydrogen) atoms. The molecule has 4 nitrogen and oxygen atoms in total. The molecule has 0 aliphatic rings. The minimum absolute atomic E-state index is 0.104. The predicted octanol–water partition coefficient (Wildman–Crippen LogP) is 1.91. The highest BCUT2D eigenvalue weighted by Gasteiger charge is 2.10. The Morgan fingerprint density at radius 2 is 2.39 bits per heavy atom. The first-order chi connectivity index (χ1) is 8.49. The Labute approximate surface area is 116 Å². The van der Waals surface area contributed by atoms with Gasteiger partial charge in [0.15, 0.2) is 0 Å². The summed E-state index contributed by atoms with van der Waals surface area (Å²) in [5, 5.41) is 12.3. The van der Waals surface area contributed by atoms with Gasteiger partial charge < -0.3 is 10.0 Å². The van der Waals surface area contributed by atoms with Crippen molar-refractivity contribution in [2.45, 2.75) is 32.1 Å². The third-order valence-corrected chi connectivity index (χ3v) is 4.22. The summed E-state index contributed by atoms with van der Waals surface area (Å²) in [7, 11) is 1.78. The van der Waals surface area contributed by atoms with Crippen LogP contribution in [-0.2, 0) is 10.5 Å². The van der Waals surface area contributed by atoms with E-state index < -0.39 is 0 Å². The number of rotatable bonds is 7. The van der Waals surface area contributed by atoms with Crippen molar-refractivity contribution in [2.75, 3.05) is 19.3 Å². The molecule has 0 fully saturated rings. The SMILES string of the molecule is Cc1nc(CSCC(=O)N(C)CCC(C)O)cs1. The fourth-order valence-electron chi connectivity index (χ4n) is 1.33. The van der Waals surface area contributed by atoms with Crippen LogP contribution in [-0.4, -0.2) is 46.3 Å². The van der Waals surface area contributed by atoms with E-state index in [1.54, 1.807) is 42.0 Å². The number of hydrogen-bond acceptors (Lipinski definition) is 5. The van der Waals surface area contributed by atoms with Gasteiger partial charge in [-0.25, -0.2) is 4.98 Å². The van der Waals surface area contributed by atoms with Crippen molar-refractivity contribution in [2.24, 2.45) is 0 Å². The summed E-state index contributed by atoms with van der Waals surface area (Å²) < 4.78 is 0. The minimum Gasteiger partial charge on any atom is -0.393 e. The summed E-state index contributed by atoms with van der Waals surface area (Å²) in [6.45, 7) is 4.32. The standard InChI is InChI=1S/C12H20N2O2S2/c1-9(15)4-5-14(3)12(16)8-17-6-11-7-18-10(2)13-11/h7,9,15H,4-6,8H2,1-3H3. The second-order valence-corrected chi connectivity index (χ2v) is 6.35. The van der Waals surface area contributed by atoms with Crippen molar-refractivity contribution in [1.82, 2.24) is 9.88 Å². The van der Waals surface area contributed by atoms with Gasteiger partial charge in [0.05, 0.1) is 22.6 Å². The Hall–Kier alpha value is -0.590. The van der Waals surface area contributed by atoms with E-state index in [1.165, 1.54) is 0 Å². The lowest BCUT2D eigenvalue weighted by molar-refractivity contribution is -0.127. The Kier molecular flexibility index (Phi) is 6.67. The monoisotopic (exact) mass is 288 g/mol. The Morgan fingerprint density at radius 3 is 2.94 bits per heavy atom. The number of amides is 1. The molecule has 0 saturated carbocycles. The molecule has 0 aliphatic heterocycles. The molecule has 0 spiro atoms. The molecule has 1 aromatic rings. The number of aliphatic hydroxyl groups excluding tert-OH is 1. The Morgan fingerprint density at radius 1 is 1.67 bits per heavy atom. The van der Waals surface area contributed by atoms with Crippen LogP contribution in [0.2, 0.25) is 0 Å². The van der Waals surface area contributed by atoms with Crippen LogP contribution in [0.25, 0.3) is 0 Å². The number of carbonyl (C=O) groups excluding carboxylic acids is 1. The number of aryl methyl sites for hydroxylation is 1. The van der Waals surface area contributed by atoms with Crippen LogP contribution in [0.3, 0.4) is 0 Å². The van der Waals surface area contributed by atoms with Crippen LogP contribution in [0.1, 0.15) is 24.0 Å². The maximum absolute atomic E-state index is 11.8. The van der Waals surface area contributed by atoms with Gasteiger partial charge in [-0.15, -0.1) is 23.1 Å². The number of aliphatic hydroxyl groups is 1. The van der Waals surface area contributed by atoms with E-state index in [0.29, 0.717) is 18.7 Å². The van der Waals surface area contributed by atoms with Crippen molar-refractivity contribution in [3.05, 3.63) is 16.1 Å². The topological polar surface area (TPSA) is 53.4 Å². The summed E-state index contributed by atoms with van der Waals surface area (Å²) >= 11 is 3.21. The van der Waals surface area contributed by atoms with E-state index in [0.717, 1.165) is 16.5 Å². The van der Waals surface area contributed by atoms with Gasteiger partial charge in [0.25, 0.3) is 0 Å². The van der Waals surface area contributed by atoms with Crippen LogP contribution in [0.4, 0.5) is 0 Å². The lowest BCUT2D eigenvalue weighted by Crippen LogP contribution is -2.30. The minimum atomic E-state index is -0.356. The summed E-state index contributed by atoms with van der Waals surface area (Å²) in [4.78, 5) is 17.8. The van der Waals surface area contributed by atoms with Gasteiger partial charge in [0, 0.05) is 24.7 Å². The fourth-order valence-corrected chi connectivity index (χ4v) is 2.90. The first-order valence-electron chi connectivity index (χ1n) is 5.90. The summed E-state index contributed by atoms with van der Waals surface area (Å²) in [5.41, 5.74) is 1.04. The average molecular weight is 288 g/mol. The number of hydrogen-bond donors (Lipinski definition) is 1. The molecule has 0 bridgehead atoms. The van der Waals surface area contributed by atoms with Crippen LogP contribution < -0.4 is 0 Å². The lowest BCUT2D eigenvalue weighted by atomic mass is 10.3. The van der Waals surface area contributed by atoms with Crippen molar-refractivity contribution >= 4 is 29.0 Å². The molecule has 0 saturated heterocycles. The van der Waals surface area contributed by atoms with Gasteiger partial charge in [0.2, 0.25) is 5.91 Å². The van der Waals surface area contributed by atoms with Crippen molar-refractivity contribution < 1.29 is 9.90 Å². The molecule has 0 radical (unpaired) electrons. The molecule has 1 heterocycles. The molecule has 6 heteroatoms. The molecule has 0 aliphatic carbocycles. The lowest BCUT2D eigenvalue weighted by Gasteiger charge is -2.17. The van der Waals surface area contributed by atoms with Crippen LogP contribution in [0, 0.1) is 6.92 Å². The largest absolute Gasteiger partial charge is 0.393 e. The van der Waals surface area contributed by atoms with E-state index in [2.05, 4.69) is 4.98 Å². The summed E-state index contributed by atoms with van der Waals surface area (Å²) in [5.74, 6) is 1.35. The average Bonchev–Trinajstić information content (AvgIpc) is 2.71. The van der Waals surface area contributed by atoms with Gasteiger partial charge in [-0.2, -0.15) is 0 Å². The first kappa shape index (κ1) is 15.5. The van der Waals surface area contributed by atoms with Gasteiger partial charge in [-0.1, -0.05) is 0 Å². The summed E-state index contributed by atoms with van der Waals surface area (Å²) in [6.07, 6.45) is 0.268. The van der Waals surface area contributed by atoms with Crippen LogP contribution >= 0.6 is 23.1 Å². The molecule has 1 amide bonds. The normalized spacial score (nSPS) is 12.4.